The second-order valence-electron chi connectivity index (χ2n) is 7.48. The Hall–Kier alpha value is -3.72. The third-order valence-electron chi connectivity index (χ3n) is 5.62. The van der Waals surface area contributed by atoms with Gasteiger partial charge in [-0.15, -0.1) is 0 Å². The summed E-state index contributed by atoms with van der Waals surface area (Å²) in [6, 6.07) is 36.3. The molecule has 4 aromatic carbocycles. The Morgan fingerprint density at radius 3 is 2.13 bits per heavy atom. The standard InChI is InChI=1S/C27H25N3/c1-2-29(20-21-12-5-3-6-13-21)25-18-11-19-26-27(25)28-23-16-9-10-17-24(23)30(26)22-14-7-4-8-15-22/h3-19,28H,2,20H2,1H3. The molecule has 0 radical (unpaired) electrons. The molecule has 1 aliphatic heterocycles. The Morgan fingerprint density at radius 1 is 0.700 bits per heavy atom. The van der Waals surface area contributed by atoms with Crippen LogP contribution in [0.25, 0.3) is 0 Å². The monoisotopic (exact) mass is 391 g/mol. The van der Waals surface area contributed by atoms with E-state index in [1.54, 1.807) is 0 Å². The largest absolute Gasteiger partial charge is 0.366 e. The van der Waals surface area contributed by atoms with Crippen LogP contribution in [0.3, 0.4) is 0 Å². The summed E-state index contributed by atoms with van der Waals surface area (Å²) in [7, 11) is 0. The fourth-order valence-electron chi connectivity index (χ4n) is 4.17. The smallest absolute Gasteiger partial charge is 0.0867 e. The van der Waals surface area contributed by atoms with Crippen LogP contribution in [-0.2, 0) is 6.54 Å². The van der Waals surface area contributed by atoms with Gasteiger partial charge in [0.1, 0.15) is 0 Å². The first-order valence-electron chi connectivity index (χ1n) is 10.5. The SMILES string of the molecule is CCN(Cc1ccccc1)c1cccc2c1Nc1ccccc1N2c1ccccc1. The van der Waals surface area contributed by atoms with E-state index < -0.39 is 0 Å². The molecule has 148 valence electrons. The van der Waals surface area contributed by atoms with Crippen molar-refractivity contribution in [2.75, 3.05) is 21.7 Å². The minimum atomic E-state index is 0.877. The second kappa shape index (κ2) is 7.96. The van der Waals surface area contributed by atoms with E-state index in [4.69, 9.17) is 0 Å². The van der Waals surface area contributed by atoms with Crippen LogP contribution in [0.15, 0.2) is 103 Å². The second-order valence-corrected chi connectivity index (χ2v) is 7.48. The molecule has 0 spiro atoms. The van der Waals surface area contributed by atoms with E-state index in [1.165, 1.54) is 22.6 Å². The molecule has 0 amide bonds. The van der Waals surface area contributed by atoms with Crippen molar-refractivity contribution in [3.05, 3.63) is 109 Å². The third-order valence-corrected chi connectivity index (χ3v) is 5.62. The van der Waals surface area contributed by atoms with E-state index in [0.29, 0.717) is 0 Å². The summed E-state index contributed by atoms with van der Waals surface area (Å²) < 4.78 is 0. The van der Waals surface area contributed by atoms with Crippen molar-refractivity contribution in [2.45, 2.75) is 13.5 Å². The molecular weight excluding hydrogens is 366 g/mol. The maximum Gasteiger partial charge on any atom is 0.0867 e. The zero-order chi connectivity index (χ0) is 20.3. The molecule has 1 N–H and O–H groups in total. The highest BCUT2D eigenvalue weighted by Gasteiger charge is 2.26. The summed E-state index contributed by atoms with van der Waals surface area (Å²) in [5, 5.41) is 3.73. The Bertz CT molecular complexity index is 1140. The van der Waals surface area contributed by atoms with Crippen LogP contribution in [-0.4, -0.2) is 6.54 Å². The summed E-state index contributed by atoms with van der Waals surface area (Å²) in [4.78, 5) is 4.78. The Morgan fingerprint density at radius 2 is 1.37 bits per heavy atom. The molecule has 3 heteroatoms. The van der Waals surface area contributed by atoms with E-state index >= 15 is 0 Å². The number of fused-ring (bicyclic) bond motifs is 2. The van der Waals surface area contributed by atoms with Crippen molar-refractivity contribution in [1.82, 2.24) is 0 Å². The zero-order valence-corrected chi connectivity index (χ0v) is 17.1. The predicted octanol–water partition coefficient (Wildman–Crippen LogP) is 7.24. The van der Waals surface area contributed by atoms with Crippen LogP contribution in [0.2, 0.25) is 0 Å². The van der Waals surface area contributed by atoms with Gasteiger partial charge in [0, 0.05) is 18.8 Å². The number of nitrogens with one attached hydrogen (secondary N) is 1. The summed E-state index contributed by atoms with van der Waals surface area (Å²) >= 11 is 0. The molecular formula is C27H25N3. The molecule has 30 heavy (non-hydrogen) atoms. The van der Waals surface area contributed by atoms with Gasteiger partial charge in [0.2, 0.25) is 0 Å². The van der Waals surface area contributed by atoms with E-state index in [9.17, 15) is 0 Å². The van der Waals surface area contributed by atoms with E-state index in [0.717, 1.165) is 30.2 Å². The fourth-order valence-corrected chi connectivity index (χ4v) is 4.17. The van der Waals surface area contributed by atoms with Gasteiger partial charge in [0.15, 0.2) is 0 Å². The molecule has 0 aromatic heterocycles. The lowest BCUT2D eigenvalue weighted by molar-refractivity contribution is 0.833. The lowest BCUT2D eigenvalue weighted by Gasteiger charge is -2.37. The van der Waals surface area contributed by atoms with Gasteiger partial charge in [0.25, 0.3) is 0 Å². The van der Waals surface area contributed by atoms with Gasteiger partial charge in [0.05, 0.1) is 28.4 Å². The quantitative estimate of drug-likeness (QED) is 0.341. The molecule has 0 saturated heterocycles. The molecule has 0 bridgehead atoms. The molecule has 3 nitrogen and oxygen atoms in total. The molecule has 0 unspecified atom stereocenters. The van der Waals surface area contributed by atoms with E-state index in [1.807, 2.05) is 0 Å². The highest BCUT2D eigenvalue weighted by Crippen LogP contribution is 2.50. The van der Waals surface area contributed by atoms with E-state index in [2.05, 4.69) is 125 Å². The predicted molar refractivity (Wildman–Crippen MR) is 128 cm³/mol. The molecule has 0 atom stereocenters. The molecule has 1 heterocycles. The van der Waals surface area contributed by atoms with Gasteiger partial charge in [-0.1, -0.05) is 66.7 Å². The molecule has 0 aliphatic carbocycles. The van der Waals surface area contributed by atoms with Gasteiger partial charge in [-0.25, -0.2) is 0 Å². The Labute approximate surface area is 178 Å². The Kier molecular flexibility index (Phi) is 4.86. The normalized spacial score (nSPS) is 12.0. The number of hydrogen-bond acceptors (Lipinski definition) is 3. The van der Waals surface area contributed by atoms with Crippen molar-refractivity contribution in [3.63, 3.8) is 0 Å². The number of nitrogens with zero attached hydrogens (tertiary/aromatic N) is 2. The summed E-state index contributed by atoms with van der Waals surface area (Å²) in [6.45, 7) is 4.02. The average Bonchev–Trinajstić information content (AvgIpc) is 2.82. The Balaban J connectivity index is 1.63. The molecule has 4 aromatic rings. The van der Waals surface area contributed by atoms with Gasteiger partial charge in [-0.05, 0) is 48.9 Å². The van der Waals surface area contributed by atoms with Crippen molar-refractivity contribution in [1.29, 1.82) is 0 Å². The maximum absolute atomic E-state index is 3.73. The molecule has 0 fully saturated rings. The van der Waals surface area contributed by atoms with E-state index in [-0.39, 0.29) is 0 Å². The van der Waals surface area contributed by atoms with Crippen LogP contribution < -0.4 is 15.1 Å². The molecule has 1 aliphatic rings. The summed E-state index contributed by atoms with van der Waals surface area (Å²) in [6.07, 6.45) is 0. The van der Waals surface area contributed by atoms with Gasteiger partial charge >= 0.3 is 0 Å². The minimum absolute atomic E-state index is 0.877. The van der Waals surface area contributed by atoms with Crippen LogP contribution in [0, 0.1) is 0 Å². The summed E-state index contributed by atoms with van der Waals surface area (Å²) in [5.41, 5.74) is 8.30. The molecule has 0 saturated carbocycles. The number of hydrogen-bond donors (Lipinski definition) is 1. The number of para-hydroxylation sites is 4. The summed E-state index contributed by atoms with van der Waals surface area (Å²) in [5.74, 6) is 0. The van der Waals surface area contributed by atoms with Crippen molar-refractivity contribution in [3.8, 4) is 0 Å². The van der Waals surface area contributed by atoms with Gasteiger partial charge in [-0.3, -0.25) is 0 Å². The number of anilines is 6. The van der Waals surface area contributed by atoms with Crippen LogP contribution in [0.1, 0.15) is 12.5 Å². The van der Waals surface area contributed by atoms with Crippen LogP contribution in [0.5, 0.6) is 0 Å². The zero-order valence-electron chi connectivity index (χ0n) is 17.1. The highest BCUT2D eigenvalue weighted by molar-refractivity contribution is 6.01. The van der Waals surface area contributed by atoms with Crippen molar-refractivity contribution >= 4 is 34.1 Å². The number of rotatable bonds is 5. The van der Waals surface area contributed by atoms with Crippen molar-refractivity contribution < 1.29 is 0 Å². The molecule has 5 rings (SSSR count). The maximum atomic E-state index is 3.73. The first-order valence-corrected chi connectivity index (χ1v) is 10.5. The van der Waals surface area contributed by atoms with Crippen LogP contribution in [0.4, 0.5) is 34.1 Å². The topological polar surface area (TPSA) is 18.5 Å². The lowest BCUT2D eigenvalue weighted by atomic mass is 10.1. The number of benzene rings is 4. The van der Waals surface area contributed by atoms with Gasteiger partial charge < -0.3 is 15.1 Å². The van der Waals surface area contributed by atoms with Crippen LogP contribution >= 0.6 is 0 Å². The first kappa shape index (κ1) is 18.3. The average molecular weight is 392 g/mol. The first-order chi connectivity index (χ1) is 14.8. The highest BCUT2D eigenvalue weighted by atomic mass is 15.2. The minimum Gasteiger partial charge on any atom is -0.366 e. The van der Waals surface area contributed by atoms with Crippen molar-refractivity contribution in [2.24, 2.45) is 0 Å². The fraction of sp³-hybridized carbons (Fsp3) is 0.111. The van der Waals surface area contributed by atoms with Gasteiger partial charge in [-0.2, -0.15) is 0 Å². The lowest BCUT2D eigenvalue weighted by Crippen LogP contribution is -2.25. The third kappa shape index (κ3) is 3.29.